The first kappa shape index (κ1) is 10.3. The van der Waals surface area contributed by atoms with Crippen LogP contribution < -0.4 is 0 Å². The SMILES string of the molecule is C[N+]1(CC(O)CCl)CCOCC1. The lowest BCUT2D eigenvalue weighted by molar-refractivity contribution is -0.919. The molecule has 0 aliphatic carbocycles. The molecule has 0 aromatic heterocycles. The zero-order valence-corrected chi connectivity index (χ0v) is 8.26. The number of aliphatic hydroxyl groups is 1. The Balaban J connectivity index is 2.35. The van der Waals surface area contributed by atoms with E-state index in [0.29, 0.717) is 5.88 Å². The topological polar surface area (TPSA) is 29.5 Å². The largest absolute Gasteiger partial charge is 0.386 e. The number of ether oxygens (including phenoxy) is 1. The molecule has 12 heavy (non-hydrogen) atoms. The number of halogens is 1. The van der Waals surface area contributed by atoms with E-state index in [4.69, 9.17) is 16.3 Å². The maximum absolute atomic E-state index is 9.39. The van der Waals surface area contributed by atoms with Crippen LogP contribution in [0.4, 0.5) is 0 Å². The molecule has 1 saturated heterocycles. The smallest absolute Gasteiger partial charge is 0.116 e. The van der Waals surface area contributed by atoms with Crippen molar-refractivity contribution in [2.45, 2.75) is 6.10 Å². The highest BCUT2D eigenvalue weighted by atomic mass is 35.5. The van der Waals surface area contributed by atoms with Gasteiger partial charge in [0.15, 0.2) is 0 Å². The predicted molar refractivity (Wildman–Crippen MR) is 48.3 cm³/mol. The zero-order valence-electron chi connectivity index (χ0n) is 7.50. The minimum Gasteiger partial charge on any atom is -0.386 e. The maximum Gasteiger partial charge on any atom is 0.116 e. The van der Waals surface area contributed by atoms with Crippen molar-refractivity contribution in [2.75, 3.05) is 45.8 Å². The van der Waals surface area contributed by atoms with E-state index in [1.54, 1.807) is 0 Å². The summed E-state index contributed by atoms with van der Waals surface area (Å²) in [4.78, 5) is 0. The van der Waals surface area contributed by atoms with Crippen LogP contribution in [0.5, 0.6) is 0 Å². The fourth-order valence-corrected chi connectivity index (χ4v) is 1.62. The Bertz CT molecular complexity index is 137. The van der Waals surface area contributed by atoms with Gasteiger partial charge in [0, 0.05) is 0 Å². The number of alkyl halides is 1. The van der Waals surface area contributed by atoms with Gasteiger partial charge in [0.1, 0.15) is 25.7 Å². The number of hydrogen-bond acceptors (Lipinski definition) is 2. The van der Waals surface area contributed by atoms with Crippen molar-refractivity contribution < 1.29 is 14.3 Å². The molecule has 1 aliphatic rings. The molecule has 1 unspecified atom stereocenters. The number of nitrogens with zero attached hydrogens (tertiary/aromatic N) is 1. The Morgan fingerprint density at radius 2 is 2.08 bits per heavy atom. The summed E-state index contributed by atoms with van der Waals surface area (Å²) in [7, 11) is 2.14. The molecule has 0 amide bonds. The van der Waals surface area contributed by atoms with E-state index in [0.717, 1.165) is 37.3 Å². The third-order valence-electron chi connectivity index (χ3n) is 2.38. The summed E-state index contributed by atoms with van der Waals surface area (Å²) < 4.78 is 6.13. The highest BCUT2D eigenvalue weighted by Crippen LogP contribution is 2.09. The lowest BCUT2D eigenvalue weighted by atomic mass is 10.2. The molecular formula is C8H17ClNO2+. The zero-order chi connectivity index (χ0) is 9.03. The molecule has 0 radical (unpaired) electrons. The Morgan fingerprint density at radius 1 is 1.50 bits per heavy atom. The number of morpholine rings is 1. The van der Waals surface area contributed by atoms with Gasteiger partial charge in [0.2, 0.25) is 0 Å². The minimum atomic E-state index is -0.380. The average molecular weight is 195 g/mol. The van der Waals surface area contributed by atoms with Gasteiger partial charge < -0.3 is 14.3 Å². The molecule has 3 nitrogen and oxygen atoms in total. The third kappa shape index (κ3) is 2.90. The van der Waals surface area contributed by atoms with Gasteiger partial charge in [0.25, 0.3) is 0 Å². The molecule has 1 fully saturated rings. The summed E-state index contributed by atoms with van der Waals surface area (Å²) in [6, 6.07) is 0. The van der Waals surface area contributed by atoms with E-state index in [9.17, 15) is 5.11 Å². The molecule has 0 spiro atoms. The molecule has 1 aliphatic heterocycles. The standard InChI is InChI=1S/C8H17ClNO2/c1-10(7-8(11)6-9)2-4-12-5-3-10/h8,11H,2-7H2,1H3/q+1. The Morgan fingerprint density at radius 3 is 2.58 bits per heavy atom. The van der Waals surface area contributed by atoms with Crippen molar-refractivity contribution in [3.05, 3.63) is 0 Å². The van der Waals surface area contributed by atoms with Crippen LogP contribution in [0.2, 0.25) is 0 Å². The van der Waals surface area contributed by atoms with Crippen molar-refractivity contribution >= 4 is 11.6 Å². The Hall–Kier alpha value is 0.170. The fourth-order valence-electron chi connectivity index (χ4n) is 1.52. The van der Waals surface area contributed by atoms with Gasteiger partial charge >= 0.3 is 0 Å². The first-order chi connectivity index (χ1) is 5.66. The molecule has 0 saturated carbocycles. The van der Waals surface area contributed by atoms with Crippen LogP contribution in [0.15, 0.2) is 0 Å². The van der Waals surface area contributed by atoms with Crippen molar-refractivity contribution in [1.82, 2.24) is 0 Å². The van der Waals surface area contributed by atoms with Gasteiger partial charge in [0.05, 0.1) is 26.1 Å². The van der Waals surface area contributed by atoms with Crippen LogP contribution >= 0.6 is 11.6 Å². The first-order valence-electron chi connectivity index (χ1n) is 4.32. The number of aliphatic hydroxyl groups excluding tert-OH is 1. The number of quaternary nitrogens is 1. The van der Waals surface area contributed by atoms with Gasteiger partial charge in [-0.05, 0) is 0 Å². The molecule has 0 aromatic carbocycles. The van der Waals surface area contributed by atoms with E-state index < -0.39 is 0 Å². The Labute approximate surface area is 78.5 Å². The summed E-state index contributed by atoms with van der Waals surface area (Å²) >= 11 is 5.54. The first-order valence-corrected chi connectivity index (χ1v) is 4.85. The van der Waals surface area contributed by atoms with Crippen LogP contribution in [0, 0.1) is 0 Å². The van der Waals surface area contributed by atoms with Crippen LogP contribution in [0.3, 0.4) is 0 Å². The molecule has 1 atom stereocenters. The second-order valence-corrected chi connectivity index (χ2v) is 3.98. The monoisotopic (exact) mass is 194 g/mol. The van der Waals surface area contributed by atoms with Crippen molar-refractivity contribution in [3.8, 4) is 0 Å². The lowest BCUT2D eigenvalue weighted by Crippen LogP contribution is -2.55. The van der Waals surface area contributed by atoms with Gasteiger partial charge in [-0.1, -0.05) is 0 Å². The number of likely N-dealkylation sites (N-methyl/N-ethyl adjacent to an activating group) is 1. The molecule has 4 heteroatoms. The van der Waals surface area contributed by atoms with Crippen LogP contribution in [-0.2, 0) is 4.74 Å². The van der Waals surface area contributed by atoms with Gasteiger partial charge in [-0.15, -0.1) is 11.6 Å². The second kappa shape index (κ2) is 4.42. The summed E-state index contributed by atoms with van der Waals surface area (Å²) in [6.07, 6.45) is -0.380. The highest BCUT2D eigenvalue weighted by Gasteiger charge is 2.27. The highest BCUT2D eigenvalue weighted by molar-refractivity contribution is 6.18. The summed E-state index contributed by atoms with van der Waals surface area (Å²) in [5.41, 5.74) is 0. The van der Waals surface area contributed by atoms with Crippen molar-refractivity contribution in [1.29, 1.82) is 0 Å². The van der Waals surface area contributed by atoms with E-state index in [2.05, 4.69) is 7.05 Å². The van der Waals surface area contributed by atoms with E-state index in [-0.39, 0.29) is 6.10 Å². The minimum absolute atomic E-state index is 0.328. The number of rotatable bonds is 3. The quantitative estimate of drug-likeness (QED) is 0.509. The van der Waals surface area contributed by atoms with E-state index in [1.807, 2.05) is 0 Å². The van der Waals surface area contributed by atoms with Gasteiger partial charge in [-0.3, -0.25) is 0 Å². The Kier molecular flexibility index (Phi) is 3.77. The van der Waals surface area contributed by atoms with Crippen LogP contribution in [0.1, 0.15) is 0 Å². The molecule has 0 bridgehead atoms. The summed E-state index contributed by atoms with van der Waals surface area (Å²) in [5.74, 6) is 0.328. The average Bonchev–Trinajstić information content (AvgIpc) is 2.05. The summed E-state index contributed by atoms with van der Waals surface area (Å²) in [6.45, 7) is 4.30. The molecule has 1 N–H and O–H groups in total. The molecular weight excluding hydrogens is 178 g/mol. The molecule has 0 aromatic rings. The van der Waals surface area contributed by atoms with Crippen LogP contribution in [0.25, 0.3) is 0 Å². The molecule has 1 rings (SSSR count). The van der Waals surface area contributed by atoms with E-state index in [1.165, 1.54) is 0 Å². The lowest BCUT2D eigenvalue weighted by Gasteiger charge is -2.38. The third-order valence-corrected chi connectivity index (χ3v) is 2.74. The van der Waals surface area contributed by atoms with E-state index >= 15 is 0 Å². The van der Waals surface area contributed by atoms with Gasteiger partial charge in [-0.2, -0.15) is 0 Å². The maximum atomic E-state index is 9.39. The van der Waals surface area contributed by atoms with Crippen molar-refractivity contribution in [3.63, 3.8) is 0 Å². The van der Waals surface area contributed by atoms with Crippen LogP contribution in [-0.4, -0.2) is 61.5 Å². The van der Waals surface area contributed by atoms with Gasteiger partial charge in [-0.25, -0.2) is 0 Å². The summed E-state index contributed by atoms with van der Waals surface area (Å²) in [5, 5.41) is 9.39. The predicted octanol–water partition coefficient (Wildman–Crippen LogP) is 0.0629. The second-order valence-electron chi connectivity index (χ2n) is 3.67. The fraction of sp³-hybridized carbons (Fsp3) is 1.00. The molecule has 1 heterocycles. The van der Waals surface area contributed by atoms with Crippen molar-refractivity contribution in [2.24, 2.45) is 0 Å². The normalized spacial score (nSPS) is 25.2. The number of hydrogen-bond donors (Lipinski definition) is 1. The molecule has 72 valence electrons.